The minimum atomic E-state index is -4.33. The lowest BCUT2D eigenvalue weighted by Gasteiger charge is -2.27. The molecule has 0 fully saturated rings. The van der Waals surface area contributed by atoms with Crippen molar-refractivity contribution in [3.8, 4) is 0 Å². The van der Waals surface area contributed by atoms with Crippen LogP contribution in [0.5, 0.6) is 0 Å². The van der Waals surface area contributed by atoms with Crippen LogP contribution in [-0.2, 0) is 11.6 Å². The van der Waals surface area contributed by atoms with Crippen molar-refractivity contribution in [1.29, 1.82) is 0 Å². The summed E-state index contributed by atoms with van der Waals surface area (Å²) in [4.78, 5) is 8.30. The molecule has 0 heterocycles. The number of halogens is 4. The number of hydrogen-bond donors (Lipinski definition) is 0. The average Bonchev–Trinajstić information content (AvgIpc) is 2.37. The second-order valence-corrected chi connectivity index (χ2v) is 6.37. The summed E-state index contributed by atoms with van der Waals surface area (Å²) in [5, 5.41) is 0. The summed E-state index contributed by atoms with van der Waals surface area (Å²) < 4.78 is 38.5. The molecule has 1 aromatic carbocycles. The Balaban J connectivity index is 0.00000484. The van der Waals surface area contributed by atoms with Gasteiger partial charge in [-0.1, -0.05) is 32.0 Å². The molecule has 1 rings (SSSR count). The molecule has 0 unspecified atom stereocenters. The van der Waals surface area contributed by atoms with Crippen LogP contribution in [0, 0.1) is 0 Å². The summed E-state index contributed by atoms with van der Waals surface area (Å²) in [5.74, 6) is 0.778. The molecule has 132 valence electrons. The molecule has 0 radical (unpaired) electrons. The van der Waals surface area contributed by atoms with Crippen LogP contribution in [0.1, 0.15) is 25.0 Å². The van der Waals surface area contributed by atoms with E-state index in [4.69, 9.17) is 0 Å². The minimum absolute atomic E-state index is 0. The largest absolute Gasteiger partial charge is 0.416 e. The predicted octanol–water partition coefficient (Wildman–Crippen LogP) is 4.08. The molecule has 7 heteroatoms. The van der Waals surface area contributed by atoms with Gasteiger partial charge >= 0.3 is 6.18 Å². The summed E-state index contributed by atoms with van der Waals surface area (Å²) in [7, 11) is 7.54. The van der Waals surface area contributed by atoms with E-state index in [0.29, 0.717) is 12.1 Å². The normalized spacial score (nSPS) is 11.5. The number of alkyl halides is 3. The van der Waals surface area contributed by atoms with Gasteiger partial charge in [0.25, 0.3) is 0 Å². The molecule has 0 N–H and O–H groups in total. The van der Waals surface area contributed by atoms with Crippen LogP contribution in [0.15, 0.2) is 29.3 Å². The Morgan fingerprint density at radius 3 is 1.91 bits per heavy atom. The number of guanidine groups is 1. The molecule has 0 aliphatic rings. The fourth-order valence-corrected chi connectivity index (χ4v) is 2.16. The lowest BCUT2D eigenvalue weighted by Crippen LogP contribution is -2.36. The van der Waals surface area contributed by atoms with Gasteiger partial charge in [-0.25, -0.2) is 0 Å². The van der Waals surface area contributed by atoms with Crippen LogP contribution >= 0.6 is 24.0 Å². The maximum absolute atomic E-state index is 12.8. The zero-order valence-electron chi connectivity index (χ0n) is 14.4. The summed E-state index contributed by atoms with van der Waals surface area (Å²) >= 11 is 0. The third kappa shape index (κ3) is 6.19. The van der Waals surface area contributed by atoms with Crippen LogP contribution < -0.4 is 0 Å². The molecule has 0 aliphatic carbocycles. The van der Waals surface area contributed by atoms with Gasteiger partial charge in [0.15, 0.2) is 5.96 Å². The highest BCUT2D eigenvalue weighted by Crippen LogP contribution is 2.32. The smallest absolute Gasteiger partial charge is 0.349 e. The maximum Gasteiger partial charge on any atom is 0.416 e. The molecular formula is C16H25F3IN3. The highest BCUT2D eigenvalue weighted by Gasteiger charge is 2.32. The molecule has 0 atom stereocenters. The molecule has 0 saturated heterocycles. The van der Waals surface area contributed by atoms with Gasteiger partial charge in [-0.2, -0.15) is 13.2 Å². The van der Waals surface area contributed by atoms with E-state index in [1.807, 2.05) is 51.8 Å². The van der Waals surface area contributed by atoms with Crippen LogP contribution in [0.2, 0.25) is 0 Å². The van der Waals surface area contributed by atoms with Gasteiger partial charge in [0.05, 0.1) is 12.1 Å². The van der Waals surface area contributed by atoms with Crippen molar-refractivity contribution in [2.75, 3.05) is 34.7 Å². The Morgan fingerprint density at radius 2 is 1.48 bits per heavy atom. The zero-order valence-corrected chi connectivity index (χ0v) is 16.7. The molecule has 1 aromatic rings. The molecule has 0 aliphatic heterocycles. The highest BCUT2D eigenvalue weighted by molar-refractivity contribution is 14.0. The van der Waals surface area contributed by atoms with Gasteiger partial charge in [0, 0.05) is 33.6 Å². The van der Waals surface area contributed by atoms with E-state index in [2.05, 4.69) is 4.99 Å². The number of aliphatic imine (C=N–C) groups is 1. The first-order chi connectivity index (χ1) is 9.95. The summed E-state index contributed by atoms with van der Waals surface area (Å²) in [5.41, 5.74) is -0.483. The Hall–Kier alpha value is -0.990. The van der Waals surface area contributed by atoms with Crippen LogP contribution in [0.4, 0.5) is 13.2 Å². The van der Waals surface area contributed by atoms with E-state index in [1.165, 1.54) is 12.1 Å². The van der Waals surface area contributed by atoms with Crippen molar-refractivity contribution >= 4 is 29.9 Å². The van der Waals surface area contributed by atoms with Crippen molar-refractivity contribution < 1.29 is 13.2 Å². The lowest BCUT2D eigenvalue weighted by molar-refractivity contribution is -0.137. The van der Waals surface area contributed by atoms with E-state index >= 15 is 0 Å². The van der Waals surface area contributed by atoms with Gasteiger partial charge in [-0.05, 0) is 11.6 Å². The Labute approximate surface area is 153 Å². The Bertz CT molecular complexity index is 528. The Morgan fingerprint density at radius 1 is 1.00 bits per heavy atom. The van der Waals surface area contributed by atoms with E-state index in [1.54, 1.807) is 6.07 Å². The summed E-state index contributed by atoms with van der Waals surface area (Å²) in [6.07, 6.45) is -4.33. The second kappa shape index (κ2) is 8.21. The van der Waals surface area contributed by atoms with Crippen molar-refractivity contribution in [2.24, 2.45) is 4.99 Å². The number of nitrogens with zero attached hydrogens (tertiary/aromatic N) is 3. The second-order valence-electron chi connectivity index (χ2n) is 6.37. The zero-order chi connectivity index (χ0) is 17.1. The van der Waals surface area contributed by atoms with Crippen molar-refractivity contribution in [3.63, 3.8) is 0 Å². The van der Waals surface area contributed by atoms with Crippen molar-refractivity contribution in [2.45, 2.75) is 25.4 Å². The van der Waals surface area contributed by atoms with E-state index < -0.39 is 17.2 Å². The number of benzene rings is 1. The van der Waals surface area contributed by atoms with Crippen molar-refractivity contribution in [3.05, 3.63) is 35.4 Å². The monoisotopic (exact) mass is 443 g/mol. The lowest BCUT2D eigenvalue weighted by atomic mass is 9.84. The van der Waals surface area contributed by atoms with E-state index in [9.17, 15) is 13.2 Å². The quantitative estimate of drug-likeness (QED) is 0.399. The molecule has 3 nitrogen and oxygen atoms in total. The third-order valence-electron chi connectivity index (χ3n) is 3.39. The first-order valence-electron chi connectivity index (χ1n) is 7.02. The fraction of sp³-hybridized carbons (Fsp3) is 0.562. The molecule has 23 heavy (non-hydrogen) atoms. The molecule has 0 saturated carbocycles. The number of rotatable bonds is 3. The number of hydrogen-bond acceptors (Lipinski definition) is 1. The SMILES string of the molecule is CN(C)C(=NCC(C)(C)c1cccc(C(F)(F)F)c1)N(C)C.I. The standard InChI is InChI=1S/C16H24F3N3.HI/c1-15(2,11-20-14(21(3)4)22(5)6)12-8-7-9-13(10-12)16(17,18)19;/h7-10H,11H2,1-6H3;1H. The van der Waals surface area contributed by atoms with Gasteiger partial charge in [0.1, 0.15) is 0 Å². The van der Waals surface area contributed by atoms with Gasteiger partial charge < -0.3 is 9.80 Å². The highest BCUT2D eigenvalue weighted by atomic mass is 127. The first kappa shape index (κ1) is 22.0. The van der Waals surface area contributed by atoms with Crippen molar-refractivity contribution in [1.82, 2.24) is 9.80 Å². The average molecular weight is 443 g/mol. The predicted molar refractivity (Wildman–Crippen MR) is 99.6 cm³/mol. The van der Waals surface area contributed by atoms with Gasteiger partial charge in [-0.15, -0.1) is 24.0 Å². The summed E-state index contributed by atoms with van der Waals surface area (Å²) in [6, 6.07) is 5.46. The minimum Gasteiger partial charge on any atom is -0.349 e. The fourth-order valence-electron chi connectivity index (χ4n) is 2.16. The van der Waals surface area contributed by atoms with Crippen LogP contribution in [0.3, 0.4) is 0 Å². The topological polar surface area (TPSA) is 18.8 Å². The molecule has 0 aromatic heterocycles. The van der Waals surface area contributed by atoms with Gasteiger partial charge in [0.2, 0.25) is 0 Å². The maximum atomic E-state index is 12.8. The first-order valence-corrected chi connectivity index (χ1v) is 7.02. The third-order valence-corrected chi connectivity index (χ3v) is 3.39. The van der Waals surface area contributed by atoms with E-state index in [-0.39, 0.29) is 24.0 Å². The molecule has 0 bridgehead atoms. The molecule has 0 spiro atoms. The molecular weight excluding hydrogens is 418 g/mol. The van der Waals surface area contributed by atoms with Gasteiger partial charge in [-0.3, -0.25) is 4.99 Å². The van der Waals surface area contributed by atoms with Crippen LogP contribution in [0.25, 0.3) is 0 Å². The van der Waals surface area contributed by atoms with E-state index in [0.717, 1.165) is 12.0 Å². The summed E-state index contributed by atoms with van der Waals surface area (Å²) in [6.45, 7) is 4.20. The molecule has 0 amide bonds. The van der Waals surface area contributed by atoms with Crippen LogP contribution in [-0.4, -0.2) is 50.5 Å². The Kier molecular flexibility index (Phi) is 7.86.